The van der Waals surface area contributed by atoms with Gasteiger partial charge < -0.3 is 20.1 Å². The van der Waals surface area contributed by atoms with Crippen LogP contribution in [0.5, 0.6) is 11.5 Å². The fourth-order valence-corrected chi connectivity index (χ4v) is 2.20. The van der Waals surface area contributed by atoms with Crippen molar-refractivity contribution in [3.8, 4) is 11.5 Å². The molecule has 0 heterocycles. The van der Waals surface area contributed by atoms with Crippen LogP contribution in [0.4, 0.5) is 5.69 Å². The molecule has 0 aliphatic carbocycles. The fraction of sp³-hybridized carbons (Fsp3) is 0.176. The molecular formula is C17H17BrN2O4. The monoisotopic (exact) mass is 392 g/mol. The normalized spacial score (nSPS) is 9.96. The quantitative estimate of drug-likeness (QED) is 0.792. The van der Waals surface area contributed by atoms with Crippen molar-refractivity contribution in [3.63, 3.8) is 0 Å². The maximum absolute atomic E-state index is 12.2. The van der Waals surface area contributed by atoms with E-state index in [0.29, 0.717) is 22.7 Å². The van der Waals surface area contributed by atoms with E-state index in [9.17, 15) is 9.59 Å². The number of carbonyl (C=O) groups is 2. The van der Waals surface area contributed by atoms with E-state index >= 15 is 0 Å². The molecule has 0 atom stereocenters. The van der Waals surface area contributed by atoms with Crippen molar-refractivity contribution in [2.75, 3.05) is 26.1 Å². The van der Waals surface area contributed by atoms with Gasteiger partial charge in [0.2, 0.25) is 5.91 Å². The summed E-state index contributed by atoms with van der Waals surface area (Å²) >= 11 is 3.32. The minimum Gasteiger partial charge on any atom is -0.497 e. The Kier molecular flexibility index (Phi) is 6.20. The van der Waals surface area contributed by atoms with Gasteiger partial charge in [-0.25, -0.2) is 0 Å². The highest BCUT2D eigenvalue weighted by Gasteiger charge is 2.11. The molecule has 2 aromatic carbocycles. The first kappa shape index (κ1) is 17.8. The standard InChI is InChI=1S/C17H17BrN2O4/c1-23-14-7-11(8-15(9-14)24-2)17(22)19-10-16(21)20-13-5-3-12(18)4-6-13/h3-9H,10H2,1-2H3,(H,19,22)(H,20,21). The zero-order valence-corrected chi connectivity index (χ0v) is 14.8. The maximum Gasteiger partial charge on any atom is 0.251 e. The summed E-state index contributed by atoms with van der Waals surface area (Å²) in [4.78, 5) is 24.1. The number of ether oxygens (including phenoxy) is 2. The van der Waals surface area contributed by atoms with Crippen LogP contribution in [-0.4, -0.2) is 32.6 Å². The summed E-state index contributed by atoms with van der Waals surface area (Å²) in [6.07, 6.45) is 0. The first-order chi connectivity index (χ1) is 11.5. The first-order valence-electron chi connectivity index (χ1n) is 7.08. The molecule has 0 saturated carbocycles. The Morgan fingerprint density at radius 1 is 1.00 bits per heavy atom. The summed E-state index contributed by atoms with van der Waals surface area (Å²) in [7, 11) is 3.00. The van der Waals surface area contributed by atoms with E-state index in [1.165, 1.54) is 14.2 Å². The van der Waals surface area contributed by atoms with Crippen LogP contribution in [0.25, 0.3) is 0 Å². The third-order valence-corrected chi connectivity index (χ3v) is 3.68. The van der Waals surface area contributed by atoms with E-state index in [4.69, 9.17) is 9.47 Å². The van der Waals surface area contributed by atoms with E-state index in [-0.39, 0.29) is 12.5 Å². The topological polar surface area (TPSA) is 76.7 Å². The lowest BCUT2D eigenvalue weighted by atomic mass is 10.2. The van der Waals surface area contributed by atoms with Crippen LogP contribution in [0.1, 0.15) is 10.4 Å². The second-order valence-corrected chi connectivity index (χ2v) is 5.75. The van der Waals surface area contributed by atoms with Gasteiger partial charge in [-0.2, -0.15) is 0 Å². The van der Waals surface area contributed by atoms with Gasteiger partial charge in [0.25, 0.3) is 5.91 Å². The minimum atomic E-state index is -0.391. The van der Waals surface area contributed by atoms with Gasteiger partial charge in [0.1, 0.15) is 11.5 Å². The Balaban J connectivity index is 1.94. The van der Waals surface area contributed by atoms with Crippen LogP contribution in [0.15, 0.2) is 46.9 Å². The Bertz CT molecular complexity index is 710. The number of anilines is 1. The zero-order valence-electron chi connectivity index (χ0n) is 13.3. The van der Waals surface area contributed by atoms with Gasteiger partial charge in [0.15, 0.2) is 0 Å². The van der Waals surface area contributed by atoms with Crippen LogP contribution in [0.2, 0.25) is 0 Å². The largest absolute Gasteiger partial charge is 0.497 e. The predicted octanol–water partition coefficient (Wildman–Crippen LogP) is 2.83. The maximum atomic E-state index is 12.2. The molecular weight excluding hydrogens is 376 g/mol. The van der Waals surface area contributed by atoms with Crippen molar-refractivity contribution in [2.24, 2.45) is 0 Å². The van der Waals surface area contributed by atoms with Crippen molar-refractivity contribution in [1.29, 1.82) is 0 Å². The molecule has 0 aliphatic rings. The van der Waals surface area contributed by atoms with Crippen LogP contribution in [0.3, 0.4) is 0 Å². The molecule has 7 heteroatoms. The SMILES string of the molecule is COc1cc(OC)cc(C(=O)NCC(=O)Nc2ccc(Br)cc2)c1. The third kappa shape index (κ3) is 4.99. The number of hydrogen-bond donors (Lipinski definition) is 2. The average Bonchev–Trinajstić information content (AvgIpc) is 2.61. The van der Waals surface area contributed by atoms with Crippen molar-refractivity contribution < 1.29 is 19.1 Å². The molecule has 2 aromatic rings. The van der Waals surface area contributed by atoms with Crippen LogP contribution in [-0.2, 0) is 4.79 Å². The second-order valence-electron chi connectivity index (χ2n) is 4.84. The predicted molar refractivity (Wildman–Crippen MR) is 94.7 cm³/mol. The molecule has 126 valence electrons. The second kappa shape index (κ2) is 8.35. The molecule has 2 amide bonds. The van der Waals surface area contributed by atoms with E-state index < -0.39 is 5.91 Å². The fourth-order valence-electron chi connectivity index (χ4n) is 1.94. The van der Waals surface area contributed by atoms with E-state index in [2.05, 4.69) is 26.6 Å². The first-order valence-corrected chi connectivity index (χ1v) is 7.88. The van der Waals surface area contributed by atoms with Crippen molar-refractivity contribution in [2.45, 2.75) is 0 Å². The lowest BCUT2D eigenvalue weighted by Gasteiger charge is -2.09. The Morgan fingerprint density at radius 3 is 2.12 bits per heavy atom. The number of carbonyl (C=O) groups excluding carboxylic acids is 2. The van der Waals surface area contributed by atoms with Gasteiger partial charge in [-0.05, 0) is 36.4 Å². The number of nitrogens with one attached hydrogen (secondary N) is 2. The number of methoxy groups -OCH3 is 2. The highest BCUT2D eigenvalue weighted by atomic mass is 79.9. The summed E-state index contributed by atoms with van der Waals surface area (Å²) in [5, 5.41) is 5.26. The van der Waals surface area contributed by atoms with Gasteiger partial charge in [0, 0.05) is 21.8 Å². The number of benzene rings is 2. The van der Waals surface area contributed by atoms with Gasteiger partial charge >= 0.3 is 0 Å². The van der Waals surface area contributed by atoms with Crippen molar-refractivity contribution >= 4 is 33.4 Å². The molecule has 0 radical (unpaired) electrons. The number of hydrogen-bond acceptors (Lipinski definition) is 4. The van der Waals surface area contributed by atoms with Crippen molar-refractivity contribution in [1.82, 2.24) is 5.32 Å². The Hall–Kier alpha value is -2.54. The molecule has 0 aliphatic heterocycles. The van der Waals surface area contributed by atoms with E-state index in [0.717, 1.165) is 4.47 Å². The summed E-state index contributed by atoms with van der Waals surface area (Å²) in [6, 6.07) is 12.0. The number of halogens is 1. The molecule has 2 N–H and O–H groups in total. The highest BCUT2D eigenvalue weighted by Crippen LogP contribution is 2.22. The third-order valence-electron chi connectivity index (χ3n) is 3.15. The lowest BCUT2D eigenvalue weighted by Crippen LogP contribution is -2.32. The van der Waals surface area contributed by atoms with Gasteiger partial charge in [0.05, 0.1) is 20.8 Å². The molecule has 0 saturated heterocycles. The molecule has 0 spiro atoms. The number of rotatable bonds is 6. The molecule has 6 nitrogen and oxygen atoms in total. The molecule has 0 unspecified atom stereocenters. The van der Waals surface area contributed by atoms with Gasteiger partial charge in [-0.3, -0.25) is 9.59 Å². The Morgan fingerprint density at radius 2 is 1.58 bits per heavy atom. The van der Waals surface area contributed by atoms with Crippen LogP contribution < -0.4 is 20.1 Å². The van der Waals surface area contributed by atoms with Gasteiger partial charge in [-0.15, -0.1) is 0 Å². The van der Waals surface area contributed by atoms with Crippen LogP contribution >= 0.6 is 15.9 Å². The summed E-state index contributed by atoms with van der Waals surface area (Å²) in [6.45, 7) is -0.144. The average molecular weight is 393 g/mol. The summed E-state index contributed by atoms with van der Waals surface area (Å²) in [5.74, 6) is 0.288. The van der Waals surface area contributed by atoms with Crippen molar-refractivity contribution in [3.05, 3.63) is 52.5 Å². The van der Waals surface area contributed by atoms with E-state index in [1.54, 1.807) is 30.3 Å². The molecule has 2 rings (SSSR count). The Labute approximate surface area is 148 Å². The van der Waals surface area contributed by atoms with E-state index in [1.807, 2.05) is 12.1 Å². The molecule has 0 fully saturated rings. The molecule has 24 heavy (non-hydrogen) atoms. The highest BCUT2D eigenvalue weighted by molar-refractivity contribution is 9.10. The lowest BCUT2D eigenvalue weighted by molar-refractivity contribution is -0.115. The molecule has 0 aromatic heterocycles. The minimum absolute atomic E-state index is 0.144. The van der Waals surface area contributed by atoms with Gasteiger partial charge in [-0.1, -0.05) is 15.9 Å². The van der Waals surface area contributed by atoms with Crippen LogP contribution in [0, 0.1) is 0 Å². The summed E-state index contributed by atoms with van der Waals surface area (Å²) < 4.78 is 11.2. The summed E-state index contributed by atoms with van der Waals surface area (Å²) in [5.41, 5.74) is 1.00. The number of amides is 2. The molecule has 0 bridgehead atoms. The smallest absolute Gasteiger partial charge is 0.251 e. The zero-order chi connectivity index (χ0) is 17.5.